The molecule has 0 spiro atoms. The van der Waals surface area contributed by atoms with E-state index in [2.05, 4.69) is 35.7 Å². The fraction of sp³-hybridized carbons (Fsp3) is 0.400. The molecule has 2 aliphatic rings. The van der Waals surface area contributed by atoms with Crippen LogP contribution in [0, 0.1) is 11.8 Å². The first-order valence-electron chi connectivity index (χ1n) is 24.7. The van der Waals surface area contributed by atoms with Gasteiger partial charge in [0.1, 0.15) is 71.7 Å². The summed E-state index contributed by atoms with van der Waals surface area (Å²) in [5.41, 5.74) is 8.76. The van der Waals surface area contributed by atoms with Crippen LogP contribution in [0.3, 0.4) is 0 Å². The van der Waals surface area contributed by atoms with Gasteiger partial charge in [-0.05, 0) is 75.5 Å². The lowest BCUT2D eigenvalue weighted by molar-refractivity contribution is -0.145. The summed E-state index contributed by atoms with van der Waals surface area (Å²) in [5.74, 6) is -1.38. The average Bonchev–Trinajstić information content (AvgIpc) is 4.21. The first-order valence-corrected chi connectivity index (χ1v) is 27.8. The van der Waals surface area contributed by atoms with E-state index in [9.17, 15) is 28.9 Å². The van der Waals surface area contributed by atoms with Crippen molar-refractivity contribution in [1.29, 1.82) is 0 Å². The molecule has 0 saturated carbocycles. The summed E-state index contributed by atoms with van der Waals surface area (Å²) in [6.45, 7) is 9.23. The number of aliphatic hydroxyl groups excluding tert-OH is 2. The second-order valence-corrected chi connectivity index (χ2v) is 21.7. The molecule has 4 aromatic heterocycles. The quantitative estimate of drug-likeness (QED) is 0.0307. The molecule has 7 aromatic rings. The number of rotatable bonds is 22. The van der Waals surface area contributed by atoms with E-state index in [0.717, 1.165) is 5.39 Å². The lowest BCUT2D eigenvalue weighted by atomic mass is 9.97. The normalized spacial score (nSPS) is 23.9. The number of nitrogen functional groups attached to an aromatic ring is 1. The number of anilines is 3. The SMILES string of the molecule is CCOC(=O)[C@H](C)NP(=O)(OCC1O[C@@H](c2ccc3c(N)ncnn23)[C@@H](C)[C@@H]1O)Oc1cccc(Nc2ncnn3c([C@@H]4O[C@H](COP(=O)(N[C@@H](C)C(=O)OCC)Oc5cccc6ccccc56)[C@@H](O)[C@@H]4C)ccc23)c1. The number of fused-ring (bicyclic) bond motifs is 3. The Morgan fingerprint density at radius 3 is 1.87 bits per heavy atom. The lowest BCUT2D eigenvalue weighted by Crippen LogP contribution is -2.36. The molecule has 24 nitrogen and oxygen atoms in total. The van der Waals surface area contributed by atoms with Gasteiger partial charge in [0.2, 0.25) is 0 Å². The molecule has 3 aromatic carbocycles. The maximum absolute atomic E-state index is 14.7. The van der Waals surface area contributed by atoms with Crippen molar-refractivity contribution >= 4 is 66.6 Å². The molecule has 0 radical (unpaired) electrons. The summed E-state index contributed by atoms with van der Waals surface area (Å²) >= 11 is 0. The smallest absolute Gasteiger partial charge is 0.459 e. The summed E-state index contributed by atoms with van der Waals surface area (Å²) in [4.78, 5) is 34.0. The van der Waals surface area contributed by atoms with E-state index >= 15 is 0 Å². The second kappa shape index (κ2) is 23.0. The van der Waals surface area contributed by atoms with Gasteiger partial charge in [0.25, 0.3) is 0 Å². The van der Waals surface area contributed by atoms with Crippen LogP contribution in [0.4, 0.5) is 17.3 Å². The van der Waals surface area contributed by atoms with Gasteiger partial charge in [-0.1, -0.05) is 56.3 Å². The fourth-order valence-electron chi connectivity index (χ4n) is 9.18. The third kappa shape index (κ3) is 11.6. The van der Waals surface area contributed by atoms with Gasteiger partial charge in [0.05, 0.1) is 50.0 Å². The predicted molar refractivity (Wildman–Crippen MR) is 276 cm³/mol. The zero-order valence-corrected chi connectivity index (χ0v) is 44.2. The predicted octanol–water partition coefficient (Wildman–Crippen LogP) is 6.61. The minimum atomic E-state index is -4.45. The summed E-state index contributed by atoms with van der Waals surface area (Å²) in [5, 5.41) is 41.8. The number of hydrogen-bond acceptors (Lipinski definition) is 20. The molecule has 404 valence electrons. The van der Waals surface area contributed by atoms with Crippen molar-refractivity contribution < 1.29 is 66.0 Å². The van der Waals surface area contributed by atoms with Gasteiger partial charge in [0, 0.05) is 29.0 Å². The Hall–Kier alpha value is -6.56. The number of carbonyl (C=O) groups excluding carboxylic acids is 2. The Bertz CT molecular complexity index is 3300. The Kier molecular flexibility index (Phi) is 16.4. The third-order valence-corrected chi connectivity index (χ3v) is 16.4. The standard InChI is InChI=1S/C50H60N10O14P2/c1-7-67-49(63)30(5)57-75(65,69-24-41-43(61)28(3)45(71-41)36-19-21-38-47(51)52-26-54-59(36)38)73-34-16-12-15-33(23-34)56-48-39-22-20-37(60(39)55-27-53-48)46-29(4)44(62)42(72-46)25-70-76(66,58-31(6)50(64)68-8-2)74-40-18-11-14-32-13-9-10-17-35(32)40/h9-23,26-31,41-46,61-62H,7-8,24-25H2,1-6H3,(H,57,65)(H,58,66)(H2,51,52,54)(H,53,55,56)/t28-,29-,30-,31-,41?,42+,43-,44-,45+,46+,75?,76?/m0/s1. The molecule has 6 heterocycles. The second-order valence-electron chi connectivity index (χ2n) is 18.4. The van der Waals surface area contributed by atoms with E-state index in [0.29, 0.717) is 39.3 Å². The molecular weight excluding hydrogens is 1030 g/mol. The highest BCUT2D eigenvalue weighted by Gasteiger charge is 2.46. The first kappa shape index (κ1) is 54.2. The minimum Gasteiger partial charge on any atom is -0.465 e. The number of aliphatic hydroxyl groups is 2. The molecular formula is C50H60N10O14P2. The monoisotopic (exact) mass is 1090 g/mol. The number of carbonyl (C=O) groups is 2. The van der Waals surface area contributed by atoms with Gasteiger partial charge >= 0.3 is 27.4 Å². The zero-order chi connectivity index (χ0) is 53.9. The molecule has 2 saturated heterocycles. The zero-order valence-electron chi connectivity index (χ0n) is 42.4. The van der Waals surface area contributed by atoms with Crippen LogP contribution in [0.2, 0.25) is 0 Å². The number of aromatic nitrogens is 6. The molecule has 2 fully saturated rings. The Balaban J connectivity index is 0.894. The van der Waals surface area contributed by atoms with Gasteiger partial charge in [-0.2, -0.15) is 20.4 Å². The summed E-state index contributed by atoms with van der Waals surface area (Å²) < 4.78 is 79.4. The van der Waals surface area contributed by atoms with Crippen LogP contribution in [-0.4, -0.2) is 114 Å². The highest BCUT2D eigenvalue weighted by Crippen LogP contribution is 2.50. The Labute approximate surface area is 436 Å². The Morgan fingerprint density at radius 1 is 0.711 bits per heavy atom. The highest BCUT2D eigenvalue weighted by atomic mass is 31.2. The van der Waals surface area contributed by atoms with Gasteiger partial charge in [-0.25, -0.2) is 28.1 Å². The number of esters is 2. The minimum absolute atomic E-state index is 0.0714. The number of ether oxygens (including phenoxy) is 4. The van der Waals surface area contributed by atoms with Crippen LogP contribution in [0.25, 0.3) is 21.8 Å². The summed E-state index contributed by atoms with van der Waals surface area (Å²) in [7, 11) is -8.80. The number of nitrogens with zero attached hydrogens (tertiary/aromatic N) is 6. The van der Waals surface area contributed by atoms with E-state index < -0.39 is 94.6 Å². The van der Waals surface area contributed by atoms with Crippen LogP contribution >= 0.6 is 15.5 Å². The molecule has 0 aliphatic carbocycles. The third-order valence-electron chi connectivity index (χ3n) is 13.1. The number of nitrogens with one attached hydrogen (secondary N) is 3. The van der Waals surface area contributed by atoms with Crippen molar-refractivity contribution in [2.45, 2.75) is 90.2 Å². The van der Waals surface area contributed by atoms with Crippen LogP contribution in [0.5, 0.6) is 11.5 Å². The summed E-state index contributed by atoms with van der Waals surface area (Å²) in [6.07, 6.45) is -2.86. The maximum atomic E-state index is 14.7. The van der Waals surface area contributed by atoms with Crippen molar-refractivity contribution in [3.8, 4) is 11.5 Å². The maximum Gasteiger partial charge on any atom is 0.459 e. The number of benzene rings is 3. The van der Waals surface area contributed by atoms with Crippen molar-refractivity contribution in [3.05, 3.63) is 115 Å². The highest BCUT2D eigenvalue weighted by molar-refractivity contribution is 7.52. The van der Waals surface area contributed by atoms with Crippen LogP contribution in [0.15, 0.2) is 104 Å². The lowest BCUT2D eigenvalue weighted by Gasteiger charge is -2.25. The number of hydrogen-bond donors (Lipinski definition) is 6. The summed E-state index contributed by atoms with van der Waals surface area (Å²) in [6, 6.07) is 23.9. The molecule has 2 aliphatic heterocycles. The molecule has 0 amide bonds. The largest absolute Gasteiger partial charge is 0.465 e. The van der Waals surface area contributed by atoms with Gasteiger partial charge in [-0.3, -0.25) is 18.6 Å². The molecule has 12 atom stereocenters. The van der Waals surface area contributed by atoms with Crippen molar-refractivity contribution in [1.82, 2.24) is 39.4 Å². The molecule has 76 heavy (non-hydrogen) atoms. The molecule has 3 unspecified atom stereocenters. The van der Waals surface area contributed by atoms with Crippen molar-refractivity contribution in [2.24, 2.45) is 11.8 Å². The van der Waals surface area contributed by atoms with Crippen molar-refractivity contribution in [2.75, 3.05) is 37.5 Å². The fourth-order valence-corrected chi connectivity index (χ4v) is 12.2. The van der Waals surface area contributed by atoms with Gasteiger partial charge in [-0.15, -0.1) is 0 Å². The Morgan fingerprint density at radius 2 is 1.25 bits per heavy atom. The van der Waals surface area contributed by atoms with E-state index in [1.54, 1.807) is 97.4 Å². The molecule has 26 heteroatoms. The van der Waals surface area contributed by atoms with E-state index in [-0.39, 0.29) is 37.1 Å². The van der Waals surface area contributed by atoms with E-state index in [1.807, 2.05) is 30.3 Å². The van der Waals surface area contributed by atoms with Gasteiger partial charge in [0.15, 0.2) is 11.6 Å². The van der Waals surface area contributed by atoms with Crippen LogP contribution < -0.4 is 30.3 Å². The molecule has 9 rings (SSSR count). The molecule has 7 N–H and O–H groups in total. The van der Waals surface area contributed by atoms with Crippen LogP contribution in [-0.2, 0) is 46.7 Å². The molecule has 0 bridgehead atoms. The van der Waals surface area contributed by atoms with E-state index in [4.69, 9.17) is 42.8 Å². The number of nitrogens with two attached hydrogens (primary N) is 1. The van der Waals surface area contributed by atoms with Crippen molar-refractivity contribution in [3.63, 3.8) is 0 Å². The first-order chi connectivity index (χ1) is 36.5. The average molecular weight is 1090 g/mol. The van der Waals surface area contributed by atoms with Gasteiger partial charge < -0.3 is 49.3 Å². The van der Waals surface area contributed by atoms with Crippen LogP contribution in [0.1, 0.15) is 65.1 Å². The topological polar surface area (TPSA) is 305 Å². The van der Waals surface area contributed by atoms with E-state index in [1.165, 1.54) is 26.5 Å².